The number of methoxy groups -OCH3 is 1. The molecule has 1 N–H and O–H groups in total. The zero-order valence-corrected chi connectivity index (χ0v) is 11.4. The van der Waals surface area contributed by atoms with Gasteiger partial charge in [-0.3, -0.25) is 9.78 Å². The molecule has 2 rings (SSSR count). The number of carbonyl (C=O) groups excluding carboxylic acids is 1. The van der Waals surface area contributed by atoms with E-state index in [0.717, 1.165) is 31.7 Å². The molecule has 0 bridgehead atoms. The van der Waals surface area contributed by atoms with Crippen molar-refractivity contribution < 1.29 is 14.3 Å². The maximum absolute atomic E-state index is 12.2. The summed E-state index contributed by atoms with van der Waals surface area (Å²) in [6.45, 7) is 4.12. The summed E-state index contributed by atoms with van der Waals surface area (Å²) in [7, 11) is 1.54. The highest BCUT2D eigenvalue weighted by Crippen LogP contribution is 2.18. The number of aromatic nitrogens is 1. The van der Waals surface area contributed by atoms with E-state index in [1.807, 2.05) is 6.92 Å². The summed E-state index contributed by atoms with van der Waals surface area (Å²) in [5.41, 5.74) is 1.35. The number of rotatable bonds is 4. The molecule has 5 nitrogen and oxygen atoms in total. The molecule has 1 aromatic rings. The van der Waals surface area contributed by atoms with Gasteiger partial charge in [0, 0.05) is 25.5 Å². The van der Waals surface area contributed by atoms with Gasteiger partial charge in [-0.25, -0.2) is 0 Å². The van der Waals surface area contributed by atoms with E-state index in [4.69, 9.17) is 9.47 Å². The lowest BCUT2D eigenvalue weighted by Gasteiger charge is -2.22. The first-order chi connectivity index (χ1) is 9.20. The van der Waals surface area contributed by atoms with Gasteiger partial charge in [-0.15, -0.1) is 0 Å². The molecule has 0 saturated carbocycles. The summed E-state index contributed by atoms with van der Waals surface area (Å²) >= 11 is 0. The first-order valence-corrected chi connectivity index (χ1v) is 6.57. The molecule has 5 heteroatoms. The Morgan fingerprint density at radius 1 is 1.53 bits per heavy atom. The van der Waals surface area contributed by atoms with Crippen molar-refractivity contribution in [3.05, 3.63) is 23.5 Å². The molecular weight excluding hydrogens is 244 g/mol. The zero-order valence-electron chi connectivity index (χ0n) is 11.4. The normalized spacial score (nSPS) is 16.1. The second-order valence-electron chi connectivity index (χ2n) is 4.79. The van der Waals surface area contributed by atoms with E-state index < -0.39 is 0 Å². The predicted octanol–water partition coefficient (Wildman–Crippen LogP) is 1.56. The summed E-state index contributed by atoms with van der Waals surface area (Å²) in [4.78, 5) is 16.3. The summed E-state index contributed by atoms with van der Waals surface area (Å²) in [6.07, 6.45) is 3.60. The minimum absolute atomic E-state index is 0.103. The van der Waals surface area contributed by atoms with Crippen LogP contribution in [-0.2, 0) is 4.74 Å². The van der Waals surface area contributed by atoms with Crippen LogP contribution in [0, 0.1) is 12.8 Å². The zero-order chi connectivity index (χ0) is 13.7. The smallest absolute Gasteiger partial charge is 0.255 e. The van der Waals surface area contributed by atoms with Gasteiger partial charge in [0.05, 0.1) is 18.9 Å². The van der Waals surface area contributed by atoms with Crippen LogP contribution in [0.5, 0.6) is 5.75 Å². The largest absolute Gasteiger partial charge is 0.494 e. The Morgan fingerprint density at radius 3 is 2.95 bits per heavy atom. The van der Waals surface area contributed by atoms with Gasteiger partial charge < -0.3 is 14.8 Å². The number of aryl methyl sites for hydroxylation is 1. The van der Waals surface area contributed by atoms with Gasteiger partial charge in [0.15, 0.2) is 0 Å². The fraction of sp³-hybridized carbons (Fsp3) is 0.571. The van der Waals surface area contributed by atoms with Gasteiger partial charge in [-0.05, 0) is 31.7 Å². The molecular formula is C14H20N2O3. The standard InChI is InChI=1S/C14H20N2O3/c1-10-7-12(13(18-2)9-15-10)14(17)16-8-11-3-5-19-6-4-11/h7,9,11H,3-6,8H2,1-2H3,(H,16,17). The number of hydrogen-bond acceptors (Lipinski definition) is 4. The van der Waals surface area contributed by atoms with E-state index in [0.29, 0.717) is 23.8 Å². The topological polar surface area (TPSA) is 60.5 Å². The third-order valence-electron chi connectivity index (χ3n) is 3.36. The Labute approximate surface area is 113 Å². The number of ether oxygens (including phenoxy) is 2. The van der Waals surface area contributed by atoms with Crippen LogP contribution in [-0.4, -0.2) is 37.8 Å². The summed E-state index contributed by atoms with van der Waals surface area (Å²) in [5, 5.41) is 2.97. The van der Waals surface area contributed by atoms with E-state index in [1.165, 1.54) is 0 Å². The number of hydrogen-bond donors (Lipinski definition) is 1. The van der Waals surface area contributed by atoms with E-state index in [9.17, 15) is 4.79 Å². The molecule has 1 amide bonds. The number of carbonyl (C=O) groups is 1. The van der Waals surface area contributed by atoms with Crippen molar-refractivity contribution in [2.24, 2.45) is 5.92 Å². The minimum atomic E-state index is -0.103. The van der Waals surface area contributed by atoms with Crippen molar-refractivity contribution in [3.8, 4) is 5.75 Å². The van der Waals surface area contributed by atoms with E-state index in [2.05, 4.69) is 10.3 Å². The van der Waals surface area contributed by atoms with E-state index in [-0.39, 0.29) is 5.91 Å². The monoisotopic (exact) mass is 264 g/mol. The van der Waals surface area contributed by atoms with Gasteiger partial charge in [-0.1, -0.05) is 0 Å². The molecule has 0 radical (unpaired) electrons. The summed E-state index contributed by atoms with van der Waals surface area (Å²) in [5.74, 6) is 0.913. The lowest BCUT2D eigenvalue weighted by molar-refractivity contribution is 0.0642. The van der Waals surface area contributed by atoms with E-state index in [1.54, 1.807) is 19.4 Å². The predicted molar refractivity (Wildman–Crippen MR) is 71.4 cm³/mol. The molecule has 2 heterocycles. The van der Waals surface area contributed by atoms with Gasteiger partial charge in [0.1, 0.15) is 5.75 Å². The molecule has 1 aliphatic rings. The number of nitrogens with one attached hydrogen (secondary N) is 1. The van der Waals surface area contributed by atoms with Crippen molar-refractivity contribution in [2.75, 3.05) is 26.9 Å². The molecule has 1 saturated heterocycles. The average Bonchev–Trinajstić information content (AvgIpc) is 2.46. The Kier molecular flexibility index (Phi) is 4.74. The molecule has 1 aromatic heterocycles. The molecule has 0 aromatic carbocycles. The van der Waals surface area contributed by atoms with Crippen LogP contribution in [0.3, 0.4) is 0 Å². The second-order valence-corrected chi connectivity index (χ2v) is 4.79. The maximum Gasteiger partial charge on any atom is 0.255 e. The molecule has 104 valence electrons. The van der Waals surface area contributed by atoms with Crippen LogP contribution in [0.15, 0.2) is 12.3 Å². The van der Waals surface area contributed by atoms with Crippen LogP contribution in [0.25, 0.3) is 0 Å². The van der Waals surface area contributed by atoms with Crippen molar-refractivity contribution in [1.29, 1.82) is 0 Å². The molecule has 19 heavy (non-hydrogen) atoms. The van der Waals surface area contributed by atoms with Crippen LogP contribution in [0.1, 0.15) is 28.9 Å². The Hall–Kier alpha value is -1.62. The second kappa shape index (κ2) is 6.52. The van der Waals surface area contributed by atoms with Crippen molar-refractivity contribution >= 4 is 5.91 Å². The number of amides is 1. The fourth-order valence-electron chi connectivity index (χ4n) is 2.17. The summed E-state index contributed by atoms with van der Waals surface area (Å²) in [6, 6.07) is 1.75. The third kappa shape index (κ3) is 3.67. The Morgan fingerprint density at radius 2 is 2.26 bits per heavy atom. The molecule has 0 aliphatic carbocycles. The SMILES string of the molecule is COc1cnc(C)cc1C(=O)NCC1CCOCC1. The van der Waals surface area contributed by atoms with Gasteiger partial charge in [0.25, 0.3) is 5.91 Å². The van der Waals surface area contributed by atoms with Gasteiger partial charge >= 0.3 is 0 Å². The molecule has 0 spiro atoms. The highest BCUT2D eigenvalue weighted by molar-refractivity contribution is 5.96. The molecule has 1 fully saturated rings. The molecule has 1 aliphatic heterocycles. The van der Waals surface area contributed by atoms with E-state index >= 15 is 0 Å². The quantitative estimate of drug-likeness (QED) is 0.896. The maximum atomic E-state index is 12.2. The highest BCUT2D eigenvalue weighted by atomic mass is 16.5. The number of nitrogens with zero attached hydrogens (tertiary/aromatic N) is 1. The number of pyridine rings is 1. The fourth-order valence-corrected chi connectivity index (χ4v) is 2.17. The molecule has 0 atom stereocenters. The lowest BCUT2D eigenvalue weighted by Crippen LogP contribution is -2.32. The molecule has 0 unspecified atom stereocenters. The minimum Gasteiger partial charge on any atom is -0.494 e. The Bertz CT molecular complexity index is 442. The van der Waals surface area contributed by atoms with Crippen LogP contribution >= 0.6 is 0 Å². The van der Waals surface area contributed by atoms with Crippen LogP contribution < -0.4 is 10.1 Å². The average molecular weight is 264 g/mol. The van der Waals surface area contributed by atoms with Crippen molar-refractivity contribution in [3.63, 3.8) is 0 Å². The first kappa shape index (κ1) is 13.8. The van der Waals surface area contributed by atoms with Crippen LogP contribution in [0.4, 0.5) is 0 Å². The van der Waals surface area contributed by atoms with Crippen molar-refractivity contribution in [2.45, 2.75) is 19.8 Å². The Balaban J connectivity index is 1.97. The first-order valence-electron chi connectivity index (χ1n) is 6.57. The van der Waals surface area contributed by atoms with Crippen LogP contribution in [0.2, 0.25) is 0 Å². The van der Waals surface area contributed by atoms with Gasteiger partial charge in [-0.2, -0.15) is 0 Å². The lowest BCUT2D eigenvalue weighted by atomic mass is 10.0. The van der Waals surface area contributed by atoms with Gasteiger partial charge in [0.2, 0.25) is 0 Å². The third-order valence-corrected chi connectivity index (χ3v) is 3.36. The summed E-state index contributed by atoms with van der Waals surface area (Å²) < 4.78 is 10.5. The van der Waals surface area contributed by atoms with Crippen molar-refractivity contribution in [1.82, 2.24) is 10.3 Å². The highest BCUT2D eigenvalue weighted by Gasteiger charge is 2.17.